The number of benzene rings is 2. The van der Waals surface area contributed by atoms with E-state index in [1.807, 2.05) is 6.92 Å². The van der Waals surface area contributed by atoms with Crippen LogP contribution < -0.4 is 0 Å². The minimum atomic E-state index is -1.83. The van der Waals surface area contributed by atoms with E-state index in [0.717, 1.165) is 11.6 Å². The summed E-state index contributed by atoms with van der Waals surface area (Å²) in [6.45, 7) is 9.84. The summed E-state index contributed by atoms with van der Waals surface area (Å²) in [6, 6.07) is 7.93. The molecule has 15 heteroatoms. The Balaban J connectivity index is 0.970. The van der Waals surface area contributed by atoms with Crippen LogP contribution in [0.25, 0.3) is 11.1 Å². The van der Waals surface area contributed by atoms with Crippen molar-refractivity contribution in [2.24, 2.45) is 23.7 Å². The van der Waals surface area contributed by atoms with E-state index < -0.39 is 71.4 Å². The Bertz CT molecular complexity index is 2190. The van der Waals surface area contributed by atoms with Crippen LogP contribution in [0.1, 0.15) is 55.8 Å². The van der Waals surface area contributed by atoms with Crippen LogP contribution in [0.15, 0.2) is 84.7 Å². The fraction of sp³-hybridized carbons (Fsp3) is 0.489. The standard InChI is InChI=1S/C45H48O15/c1-4-26-28-9-6-10-31(48)30(28)18-55-42(26)59-43-39(58-41(53)34-29(16-25(47)17-32(34)49)23-7-5-8-24(46)15-23)37(51)36(50)33(56-43)19-54-20-44-13-12-27-22(3)40(52)57-38(27)35-21(2)11-14-45(35,44)60-44/h4-5,7-8,11,15-18,26-28,33,35-39,42-43,46-47,49-51H,1,3,6,9-10,12-14,19-20H2,2H3/t26-,27+,28+,33-,35-,36-,37?,38+,39?,42+,43+,44-,45-/m1/s1. The molecule has 2 saturated carbocycles. The van der Waals surface area contributed by atoms with Gasteiger partial charge in [-0.3, -0.25) is 4.79 Å². The lowest BCUT2D eigenvalue weighted by molar-refractivity contribution is -0.339. The lowest BCUT2D eigenvalue weighted by Crippen LogP contribution is -2.61. The summed E-state index contributed by atoms with van der Waals surface area (Å²) in [4.78, 5) is 39.4. The van der Waals surface area contributed by atoms with Crippen molar-refractivity contribution in [1.29, 1.82) is 0 Å². The van der Waals surface area contributed by atoms with E-state index in [2.05, 4.69) is 19.2 Å². The SMILES string of the molecule is C=C[C@H]1[C@H](O[C@@H]2O[C@H](COC[C@]34CC[C@H]5C(=C)C(=O)O[C@@H]5[C@H]5C(C)=CC[C@@]53O4)[C@@H](O)C(O)C2OC(=O)c2c(O)cc(O)cc2-c2cccc(O)c2)OC=C2C(=O)CCC[C@H]21. The number of Topliss-reactive ketones (excluding diaryl/α,β-unsaturated/α-hetero) is 1. The molecule has 4 heterocycles. The lowest BCUT2D eigenvalue weighted by Gasteiger charge is -2.45. The summed E-state index contributed by atoms with van der Waals surface area (Å²) in [5, 5.41) is 54.8. The van der Waals surface area contributed by atoms with Crippen LogP contribution >= 0.6 is 0 Å². The molecule has 60 heavy (non-hydrogen) atoms. The van der Waals surface area contributed by atoms with Crippen molar-refractivity contribution in [3.8, 4) is 28.4 Å². The molecule has 7 aliphatic rings. The number of allylic oxidation sites excluding steroid dienone is 1. The molecule has 0 bridgehead atoms. The van der Waals surface area contributed by atoms with Gasteiger partial charge in [-0.15, -0.1) is 6.58 Å². The summed E-state index contributed by atoms with van der Waals surface area (Å²) < 4.78 is 43.2. The normalized spacial score (nSPS) is 37.9. The number of carbonyl (C=O) groups is 3. The van der Waals surface area contributed by atoms with Gasteiger partial charge in [0.2, 0.25) is 12.6 Å². The number of rotatable bonds is 10. The Morgan fingerprint density at radius 2 is 1.85 bits per heavy atom. The molecular weight excluding hydrogens is 780 g/mol. The largest absolute Gasteiger partial charge is 0.508 e. The average Bonchev–Trinajstić information content (AvgIpc) is 3.63. The third-order valence-electron chi connectivity index (χ3n) is 13.6. The molecule has 15 nitrogen and oxygen atoms in total. The van der Waals surface area contributed by atoms with Gasteiger partial charge in [-0.05, 0) is 62.8 Å². The summed E-state index contributed by atoms with van der Waals surface area (Å²) in [6.07, 6.45) is -1.00. The van der Waals surface area contributed by atoms with Crippen LogP contribution in [0.3, 0.4) is 0 Å². The summed E-state index contributed by atoms with van der Waals surface area (Å²) in [5.41, 5.74) is 0.540. The maximum Gasteiger partial charge on any atom is 0.343 e. The Kier molecular flexibility index (Phi) is 10.2. The Labute approximate surface area is 345 Å². The van der Waals surface area contributed by atoms with E-state index in [9.17, 15) is 39.9 Å². The number of fused-ring (bicyclic) bond motifs is 3. The minimum absolute atomic E-state index is 0.00448. The van der Waals surface area contributed by atoms with E-state index in [-0.39, 0.29) is 71.4 Å². The van der Waals surface area contributed by atoms with Crippen molar-refractivity contribution < 1.29 is 73.1 Å². The van der Waals surface area contributed by atoms with Gasteiger partial charge in [-0.2, -0.15) is 0 Å². The number of epoxide rings is 1. The van der Waals surface area contributed by atoms with Gasteiger partial charge in [0.25, 0.3) is 0 Å². The first-order valence-corrected chi connectivity index (χ1v) is 20.3. The van der Waals surface area contributed by atoms with E-state index >= 15 is 0 Å². The molecule has 0 amide bonds. The molecule has 0 aromatic heterocycles. The monoisotopic (exact) mass is 828 g/mol. The van der Waals surface area contributed by atoms with Gasteiger partial charge >= 0.3 is 11.9 Å². The summed E-state index contributed by atoms with van der Waals surface area (Å²) in [5.74, 6) is -3.92. The van der Waals surface area contributed by atoms with Gasteiger partial charge in [0, 0.05) is 52.9 Å². The highest BCUT2D eigenvalue weighted by Gasteiger charge is 2.78. The number of phenolic OH excluding ortho intramolecular Hbond substituents is 3. The van der Waals surface area contributed by atoms with E-state index in [1.54, 1.807) is 12.1 Å². The third-order valence-corrected chi connectivity index (χ3v) is 13.6. The lowest BCUT2D eigenvalue weighted by atomic mass is 9.75. The van der Waals surface area contributed by atoms with Crippen LogP contribution in [0, 0.1) is 23.7 Å². The number of hydrogen-bond donors (Lipinski definition) is 5. The Hall–Kier alpha value is -5.03. The Morgan fingerprint density at radius 3 is 2.63 bits per heavy atom. The first-order valence-electron chi connectivity index (χ1n) is 20.3. The zero-order chi connectivity index (χ0) is 42.2. The van der Waals surface area contributed by atoms with Gasteiger partial charge in [0.1, 0.15) is 58.4 Å². The van der Waals surface area contributed by atoms with Crippen LogP contribution in [-0.4, -0.2) is 111 Å². The number of esters is 2. The predicted octanol–water partition coefficient (Wildman–Crippen LogP) is 4.25. The molecule has 13 atom stereocenters. The van der Waals surface area contributed by atoms with E-state index in [0.29, 0.717) is 49.7 Å². The second kappa shape index (κ2) is 15.2. The third kappa shape index (κ3) is 6.53. The molecule has 9 rings (SSSR count). The molecular formula is C45H48O15. The Morgan fingerprint density at radius 1 is 1.03 bits per heavy atom. The molecule has 1 spiro atoms. The molecule has 4 aliphatic heterocycles. The zero-order valence-corrected chi connectivity index (χ0v) is 32.9. The number of phenols is 3. The second-order valence-corrected chi connectivity index (χ2v) is 17.0. The van der Waals surface area contributed by atoms with E-state index in [1.165, 1.54) is 30.5 Å². The van der Waals surface area contributed by atoms with Gasteiger partial charge in [-0.1, -0.05) is 36.4 Å². The van der Waals surface area contributed by atoms with Crippen molar-refractivity contribution >= 4 is 17.7 Å². The van der Waals surface area contributed by atoms with Crippen molar-refractivity contribution in [2.75, 3.05) is 13.2 Å². The molecule has 5 N–H and O–H groups in total. The maximum atomic E-state index is 14.1. The number of carbonyl (C=O) groups excluding carboxylic acids is 3. The second-order valence-electron chi connectivity index (χ2n) is 17.0. The quantitative estimate of drug-likeness (QED) is 0.0978. The molecule has 2 unspecified atom stereocenters. The topological polar surface area (TPSA) is 220 Å². The molecule has 3 saturated heterocycles. The van der Waals surface area contributed by atoms with Gasteiger partial charge in [0.05, 0.1) is 19.5 Å². The minimum Gasteiger partial charge on any atom is -0.508 e. The smallest absolute Gasteiger partial charge is 0.343 e. The van der Waals surface area contributed by atoms with Crippen molar-refractivity contribution in [3.63, 3.8) is 0 Å². The number of hydrogen-bond acceptors (Lipinski definition) is 15. The van der Waals surface area contributed by atoms with Gasteiger partial charge in [0.15, 0.2) is 11.9 Å². The highest BCUT2D eigenvalue weighted by Crippen LogP contribution is 2.67. The number of aliphatic hydroxyl groups excluding tert-OH is 2. The molecule has 2 aromatic rings. The predicted molar refractivity (Wildman–Crippen MR) is 208 cm³/mol. The number of ketones is 1. The number of ether oxygens (including phenoxy) is 7. The molecule has 5 fully saturated rings. The number of aromatic hydroxyl groups is 3. The van der Waals surface area contributed by atoms with Crippen LogP contribution in [-0.2, 0) is 42.7 Å². The first kappa shape index (κ1) is 40.4. The van der Waals surface area contributed by atoms with Crippen LogP contribution in [0.2, 0.25) is 0 Å². The zero-order valence-electron chi connectivity index (χ0n) is 32.9. The molecule has 3 aliphatic carbocycles. The van der Waals surface area contributed by atoms with Crippen molar-refractivity contribution in [1.82, 2.24) is 0 Å². The van der Waals surface area contributed by atoms with E-state index in [4.69, 9.17) is 33.2 Å². The van der Waals surface area contributed by atoms with Crippen LogP contribution in [0.5, 0.6) is 17.2 Å². The van der Waals surface area contributed by atoms with Crippen molar-refractivity contribution in [2.45, 2.75) is 99.8 Å². The average molecular weight is 829 g/mol. The molecule has 318 valence electrons. The first-order chi connectivity index (χ1) is 28.8. The number of aliphatic hydroxyl groups is 2. The van der Waals surface area contributed by atoms with Crippen molar-refractivity contribution in [3.05, 3.63) is 90.3 Å². The van der Waals surface area contributed by atoms with Gasteiger partial charge < -0.3 is 58.7 Å². The maximum absolute atomic E-state index is 14.1. The highest BCUT2D eigenvalue weighted by atomic mass is 16.8. The van der Waals surface area contributed by atoms with Gasteiger partial charge in [-0.25, -0.2) is 9.59 Å². The fourth-order valence-corrected chi connectivity index (χ4v) is 10.5. The summed E-state index contributed by atoms with van der Waals surface area (Å²) in [7, 11) is 0. The molecule has 2 aromatic carbocycles. The summed E-state index contributed by atoms with van der Waals surface area (Å²) >= 11 is 0. The van der Waals surface area contributed by atoms with Crippen LogP contribution in [0.4, 0.5) is 0 Å². The molecule has 0 radical (unpaired) electrons. The fourth-order valence-electron chi connectivity index (χ4n) is 10.5. The highest BCUT2D eigenvalue weighted by molar-refractivity contribution is 6.01.